The number of amides is 2. The van der Waals surface area contributed by atoms with Gasteiger partial charge >= 0.3 is 6.36 Å². The summed E-state index contributed by atoms with van der Waals surface area (Å²) < 4.78 is 49.6. The average Bonchev–Trinajstić information content (AvgIpc) is 3.58. The first-order valence-electron chi connectivity index (χ1n) is 12.5. The third-order valence-electron chi connectivity index (χ3n) is 5.96. The second kappa shape index (κ2) is 13.2. The summed E-state index contributed by atoms with van der Waals surface area (Å²) in [5, 5.41) is 21.2. The number of unbranched alkanes of at least 4 members (excludes halogenated alkanes) is 1. The summed E-state index contributed by atoms with van der Waals surface area (Å²) in [6.07, 6.45) is 1.77. The van der Waals surface area contributed by atoms with Crippen LogP contribution in [0, 0.1) is 5.92 Å². The van der Waals surface area contributed by atoms with Crippen LogP contribution in [0.5, 0.6) is 5.75 Å². The van der Waals surface area contributed by atoms with E-state index in [4.69, 9.17) is 4.74 Å². The molecule has 0 radical (unpaired) electrons. The molecule has 0 aliphatic carbocycles. The number of nitrogens with one attached hydrogen (secondary N) is 2. The molecule has 3 aromatic rings. The van der Waals surface area contributed by atoms with E-state index in [0.717, 1.165) is 25.9 Å². The van der Waals surface area contributed by atoms with Gasteiger partial charge in [-0.1, -0.05) is 22.6 Å². The van der Waals surface area contributed by atoms with Gasteiger partial charge in [0.15, 0.2) is 11.4 Å². The minimum Gasteiger partial charge on any atom is -0.406 e. The molecule has 0 bridgehead atoms. The van der Waals surface area contributed by atoms with E-state index in [1.807, 2.05) is 0 Å². The van der Waals surface area contributed by atoms with Crippen molar-refractivity contribution in [2.24, 2.45) is 5.92 Å². The summed E-state index contributed by atoms with van der Waals surface area (Å²) in [5.74, 6) is -0.814. The number of carbonyl (C=O) groups excluding carboxylic acids is 2. The van der Waals surface area contributed by atoms with Gasteiger partial charge in [-0.3, -0.25) is 19.0 Å². The fourth-order valence-electron chi connectivity index (χ4n) is 3.99. The highest BCUT2D eigenvalue weighted by atomic mass is 19.4. The van der Waals surface area contributed by atoms with Crippen LogP contribution in [0.3, 0.4) is 0 Å². The molecule has 15 heteroatoms. The van der Waals surface area contributed by atoms with Gasteiger partial charge in [-0.05, 0) is 49.3 Å². The molecule has 1 unspecified atom stereocenters. The van der Waals surface area contributed by atoms with Crippen LogP contribution in [0.1, 0.15) is 52.2 Å². The van der Waals surface area contributed by atoms with Crippen molar-refractivity contribution in [1.82, 2.24) is 40.6 Å². The number of benzene rings is 1. The molecule has 1 aromatic carbocycles. The molecule has 39 heavy (non-hydrogen) atoms. The van der Waals surface area contributed by atoms with Crippen molar-refractivity contribution in [3.63, 3.8) is 0 Å². The molecule has 1 atom stereocenters. The summed E-state index contributed by atoms with van der Waals surface area (Å²) in [7, 11) is 0. The maximum absolute atomic E-state index is 12.4. The zero-order valence-corrected chi connectivity index (χ0v) is 21.1. The molecule has 2 amide bonds. The Balaban J connectivity index is 1.15. The highest BCUT2D eigenvalue weighted by Gasteiger charge is 2.31. The van der Waals surface area contributed by atoms with Crippen molar-refractivity contribution in [1.29, 1.82) is 0 Å². The van der Waals surface area contributed by atoms with E-state index in [2.05, 4.69) is 36.0 Å². The number of nitrogens with zero attached hydrogens (tertiary/aromatic N) is 6. The predicted octanol–water partition coefficient (Wildman–Crippen LogP) is 2.33. The Morgan fingerprint density at radius 3 is 2.31 bits per heavy atom. The minimum absolute atomic E-state index is 0.00629. The first-order valence-corrected chi connectivity index (χ1v) is 12.5. The van der Waals surface area contributed by atoms with E-state index in [1.165, 1.54) is 29.1 Å². The molecule has 210 valence electrons. The van der Waals surface area contributed by atoms with E-state index >= 15 is 0 Å². The van der Waals surface area contributed by atoms with E-state index in [1.54, 1.807) is 16.9 Å². The van der Waals surface area contributed by atoms with Crippen LogP contribution < -0.4 is 15.4 Å². The third kappa shape index (κ3) is 9.05. The van der Waals surface area contributed by atoms with Gasteiger partial charge in [0.25, 0.3) is 11.8 Å². The van der Waals surface area contributed by atoms with Crippen LogP contribution in [0.2, 0.25) is 0 Å². The number of ether oxygens (including phenoxy) is 2. The molecule has 3 heterocycles. The lowest BCUT2D eigenvalue weighted by Crippen LogP contribution is -2.33. The molecule has 0 saturated carbocycles. The summed E-state index contributed by atoms with van der Waals surface area (Å²) >= 11 is 0. The number of halogens is 3. The summed E-state index contributed by atoms with van der Waals surface area (Å²) in [5.41, 5.74) is 0.785. The van der Waals surface area contributed by atoms with Crippen LogP contribution >= 0.6 is 0 Å². The van der Waals surface area contributed by atoms with Gasteiger partial charge in [-0.15, -0.1) is 23.4 Å². The lowest BCUT2D eigenvalue weighted by atomic mass is 10.0. The molecule has 4 rings (SSSR count). The van der Waals surface area contributed by atoms with Crippen molar-refractivity contribution in [3.8, 4) is 5.75 Å². The highest BCUT2D eigenvalue weighted by molar-refractivity contribution is 5.92. The summed E-state index contributed by atoms with van der Waals surface area (Å²) in [4.78, 5) is 24.7. The average molecular weight is 551 g/mol. The van der Waals surface area contributed by atoms with Crippen molar-refractivity contribution < 1.29 is 32.2 Å². The highest BCUT2D eigenvalue weighted by Crippen LogP contribution is 2.23. The Labute approximate surface area is 221 Å². The van der Waals surface area contributed by atoms with Crippen molar-refractivity contribution >= 4 is 11.8 Å². The van der Waals surface area contributed by atoms with Gasteiger partial charge in [0, 0.05) is 32.8 Å². The van der Waals surface area contributed by atoms with E-state index < -0.39 is 12.3 Å². The Morgan fingerprint density at radius 2 is 1.69 bits per heavy atom. The second-order valence-electron chi connectivity index (χ2n) is 9.11. The maximum atomic E-state index is 12.4. The Morgan fingerprint density at radius 1 is 1.03 bits per heavy atom. The molecular weight excluding hydrogens is 521 g/mol. The van der Waals surface area contributed by atoms with Gasteiger partial charge in [0.1, 0.15) is 5.75 Å². The van der Waals surface area contributed by atoms with E-state index in [9.17, 15) is 22.8 Å². The number of aromatic nitrogens is 6. The molecule has 2 aromatic heterocycles. The SMILES string of the molecule is O=C(NCc1cccc(OC(F)(F)F)c1)c1cn(CCCCn2cc(C(=O)NCC3CCCOC3)nn2)nn1. The number of hydrogen-bond acceptors (Lipinski definition) is 8. The van der Waals surface area contributed by atoms with Gasteiger partial charge < -0.3 is 20.1 Å². The van der Waals surface area contributed by atoms with Gasteiger partial charge in [-0.2, -0.15) is 0 Å². The smallest absolute Gasteiger partial charge is 0.406 e. The van der Waals surface area contributed by atoms with Crippen molar-refractivity contribution in [2.45, 2.75) is 51.7 Å². The number of aryl methyl sites for hydroxylation is 2. The van der Waals surface area contributed by atoms with Crippen LogP contribution in [0.4, 0.5) is 13.2 Å². The fourth-order valence-corrected chi connectivity index (χ4v) is 3.99. The standard InChI is InChI=1S/C24H29F3N8O4/c25-24(26,27)39-19-7-3-5-17(11-19)12-28-22(36)20-14-34(32-30-20)8-1-2-9-35-15-21(31-33-35)23(37)29-13-18-6-4-10-38-16-18/h3,5,7,11,14-15,18H,1-2,4,6,8-10,12-13,16H2,(H,28,36)(H,29,37). The Bertz CT molecular complexity index is 1240. The lowest BCUT2D eigenvalue weighted by molar-refractivity contribution is -0.274. The molecule has 1 saturated heterocycles. The molecule has 1 aliphatic heterocycles. The number of carbonyl (C=O) groups is 2. The van der Waals surface area contributed by atoms with E-state index in [-0.39, 0.29) is 29.6 Å². The van der Waals surface area contributed by atoms with Crippen LogP contribution in [0.25, 0.3) is 0 Å². The molecule has 1 aliphatic rings. The molecule has 1 fully saturated rings. The predicted molar refractivity (Wildman–Crippen MR) is 129 cm³/mol. The first-order chi connectivity index (χ1) is 18.7. The first kappa shape index (κ1) is 28.0. The number of rotatable bonds is 12. The quantitative estimate of drug-likeness (QED) is 0.328. The fraction of sp³-hybridized carbons (Fsp3) is 0.500. The largest absolute Gasteiger partial charge is 0.573 e. The van der Waals surface area contributed by atoms with Gasteiger partial charge in [0.05, 0.1) is 19.0 Å². The van der Waals surface area contributed by atoms with Crippen LogP contribution in [0.15, 0.2) is 36.7 Å². The lowest BCUT2D eigenvalue weighted by Gasteiger charge is -2.21. The van der Waals surface area contributed by atoms with Gasteiger partial charge in [0.2, 0.25) is 0 Å². The summed E-state index contributed by atoms with van der Waals surface area (Å²) in [6, 6.07) is 5.35. The Hall–Kier alpha value is -4.01. The molecule has 0 spiro atoms. The van der Waals surface area contributed by atoms with Gasteiger partial charge in [-0.25, -0.2) is 0 Å². The van der Waals surface area contributed by atoms with Crippen molar-refractivity contribution in [3.05, 3.63) is 53.6 Å². The zero-order chi connectivity index (χ0) is 27.7. The summed E-state index contributed by atoms with van der Waals surface area (Å²) in [6.45, 7) is 3.03. The van der Waals surface area contributed by atoms with E-state index in [0.29, 0.717) is 44.1 Å². The van der Waals surface area contributed by atoms with Crippen molar-refractivity contribution in [2.75, 3.05) is 19.8 Å². The number of alkyl halides is 3. The number of hydrogen-bond donors (Lipinski definition) is 2. The minimum atomic E-state index is -4.79. The topological polar surface area (TPSA) is 138 Å². The zero-order valence-electron chi connectivity index (χ0n) is 21.1. The normalized spacial score (nSPS) is 15.6. The Kier molecular flexibility index (Phi) is 9.46. The maximum Gasteiger partial charge on any atom is 0.573 e. The molecular formula is C24H29F3N8O4. The van der Waals surface area contributed by atoms with Crippen LogP contribution in [-0.4, -0.2) is 67.9 Å². The molecule has 12 nitrogen and oxygen atoms in total. The molecule has 2 N–H and O–H groups in total. The monoisotopic (exact) mass is 550 g/mol. The third-order valence-corrected chi connectivity index (χ3v) is 5.96. The second-order valence-corrected chi connectivity index (χ2v) is 9.11. The van der Waals surface area contributed by atoms with Crippen LogP contribution in [-0.2, 0) is 24.4 Å².